The molecule has 0 aliphatic rings. The van der Waals surface area contributed by atoms with Crippen molar-refractivity contribution in [3.63, 3.8) is 0 Å². The zero-order chi connectivity index (χ0) is 53.0. The molecular weight excluding hydrogens is 954 g/mol. The minimum atomic E-state index is -1.15. The molecule has 0 aliphatic carbocycles. The van der Waals surface area contributed by atoms with E-state index in [1.165, 1.54) is 23.3 Å². The number of nitro groups is 1. The summed E-state index contributed by atoms with van der Waals surface area (Å²) in [6.07, 6.45) is -3.40. The number of carbonyl (C=O) groups is 6. The van der Waals surface area contributed by atoms with Gasteiger partial charge in [-0.2, -0.15) is 0 Å². The lowest BCUT2D eigenvalue weighted by Gasteiger charge is -2.19. The maximum absolute atomic E-state index is 11.8. The topological polar surface area (TPSA) is 291 Å². The van der Waals surface area contributed by atoms with Gasteiger partial charge in [-0.15, -0.1) is 12.4 Å². The number of rotatable bonds is 19. The zero-order valence-corrected chi connectivity index (χ0v) is 43.3. The maximum atomic E-state index is 11.8. The van der Waals surface area contributed by atoms with Crippen LogP contribution in [0, 0.1) is 37.8 Å². The van der Waals surface area contributed by atoms with Gasteiger partial charge in [-0.25, -0.2) is 19.2 Å². The Bertz CT molecular complexity index is 2120. The van der Waals surface area contributed by atoms with Crippen LogP contribution in [0.15, 0.2) is 60.7 Å². The Morgan fingerprint density at radius 1 is 0.620 bits per heavy atom. The molecule has 22 nitrogen and oxygen atoms in total. The van der Waals surface area contributed by atoms with Gasteiger partial charge in [0.2, 0.25) is 13.6 Å². The first-order valence-electron chi connectivity index (χ1n) is 22.1. The molecule has 0 aliphatic heterocycles. The number of nitrogens with one attached hydrogen (secondary N) is 3. The number of hydrogen-bond acceptors (Lipinski definition) is 18. The average Bonchev–Trinajstić information content (AvgIpc) is 3.22. The summed E-state index contributed by atoms with van der Waals surface area (Å²) >= 11 is 0. The van der Waals surface area contributed by atoms with Crippen molar-refractivity contribution in [2.24, 2.45) is 5.73 Å². The summed E-state index contributed by atoms with van der Waals surface area (Å²) < 4.78 is 44.9. The lowest BCUT2D eigenvalue weighted by molar-refractivity contribution is -0.384. The summed E-state index contributed by atoms with van der Waals surface area (Å²) in [6.45, 7) is 21.7. The second kappa shape index (κ2) is 32.7. The van der Waals surface area contributed by atoms with E-state index in [9.17, 15) is 38.9 Å². The van der Waals surface area contributed by atoms with Crippen molar-refractivity contribution in [3.05, 3.63) is 93.0 Å². The lowest BCUT2D eigenvalue weighted by Crippen LogP contribution is -2.37. The van der Waals surface area contributed by atoms with E-state index in [1.807, 2.05) is 71.0 Å². The van der Waals surface area contributed by atoms with Gasteiger partial charge in [0, 0.05) is 31.3 Å². The van der Waals surface area contributed by atoms with Crippen LogP contribution in [0.1, 0.15) is 90.5 Å². The van der Waals surface area contributed by atoms with Crippen molar-refractivity contribution in [2.75, 3.05) is 39.9 Å². The molecule has 0 spiro atoms. The fraction of sp³-hybridized carbons (Fsp3) is 0.500. The van der Waals surface area contributed by atoms with E-state index < -0.39 is 66.1 Å². The highest BCUT2D eigenvalue weighted by molar-refractivity contribution is 5.85. The number of halogens is 1. The molecule has 3 amide bonds. The SMILES string of the molecule is CC(C)(C)OC(=O)NCCC(=O)OCOC(=O)Oc1ccc([N+](=O)[O-])cc1.Cc1cccc(C)c1OCC(C)N.Cc1cccc(C)c1OCC(C)NC(=O)OCOC(=O)CCNC(=O)OC(C)(C)C.Cl. The van der Waals surface area contributed by atoms with Crippen LogP contribution in [-0.4, -0.2) is 104 Å². The molecular formula is C48H70ClN5O17. The number of carbonyl (C=O) groups excluding carboxylic acids is 6. The van der Waals surface area contributed by atoms with Gasteiger partial charge in [0.05, 0.1) is 23.8 Å². The van der Waals surface area contributed by atoms with Gasteiger partial charge in [-0.3, -0.25) is 19.7 Å². The molecule has 0 saturated heterocycles. The number of non-ortho nitro benzene ring substituents is 1. The normalized spacial score (nSPS) is 11.3. The van der Waals surface area contributed by atoms with Crippen molar-refractivity contribution < 1.29 is 76.3 Å². The first-order valence-corrected chi connectivity index (χ1v) is 22.1. The fourth-order valence-electron chi connectivity index (χ4n) is 5.12. The number of nitrogens with zero attached hydrogens (tertiary/aromatic N) is 1. The lowest BCUT2D eigenvalue weighted by atomic mass is 10.1. The van der Waals surface area contributed by atoms with Crippen LogP contribution in [0.3, 0.4) is 0 Å². The van der Waals surface area contributed by atoms with Crippen molar-refractivity contribution in [1.29, 1.82) is 0 Å². The summed E-state index contributed by atoms with van der Waals surface area (Å²) in [5.74, 6) is 0.450. The maximum Gasteiger partial charge on any atom is 0.516 e. The van der Waals surface area contributed by atoms with Crippen LogP contribution in [0.25, 0.3) is 0 Å². The van der Waals surface area contributed by atoms with Gasteiger partial charge >= 0.3 is 36.4 Å². The van der Waals surface area contributed by atoms with Crippen molar-refractivity contribution in [1.82, 2.24) is 16.0 Å². The molecule has 71 heavy (non-hydrogen) atoms. The van der Waals surface area contributed by atoms with Gasteiger partial charge in [-0.05, 0) is 117 Å². The van der Waals surface area contributed by atoms with Gasteiger partial charge in [-0.1, -0.05) is 36.4 Å². The minimum absolute atomic E-state index is 0. The Hall–Kier alpha value is -7.07. The molecule has 2 atom stereocenters. The monoisotopic (exact) mass is 1020 g/mol. The van der Waals surface area contributed by atoms with E-state index in [0.717, 1.165) is 34.8 Å². The summed E-state index contributed by atoms with van der Waals surface area (Å²) in [7, 11) is 0. The number of nitro benzene ring substituents is 1. The van der Waals surface area contributed by atoms with Crippen molar-refractivity contribution in [2.45, 2.75) is 119 Å². The second-order valence-electron chi connectivity index (χ2n) is 17.4. The van der Waals surface area contributed by atoms with Crippen LogP contribution in [0.2, 0.25) is 0 Å². The van der Waals surface area contributed by atoms with Crippen LogP contribution >= 0.6 is 12.4 Å². The Labute approximate surface area is 420 Å². The predicted molar refractivity (Wildman–Crippen MR) is 263 cm³/mol. The second-order valence-corrected chi connectivity index (χ2v) is 17.4. The summed E-state index contributed by atoms with van der Waals surface area (Å²) in [5.41, 5.74) is 8.54. The third-order valence-electron chi connectivity index (χ3n) is 8.20. The molecule has 0 saturated carbocycles. The summed E-state index contributed by atoms with van der Waals surface area (Å²) in [4.78, 5) is 78.9. The summed E-state index contributed by atoms with van der Waals surface area (Å²) in [5, 5.41) is 17.9. The van der Waals surface area contributed by atoms with E-state index in [1.54, 1.807) is 48.5 Å². The highest BCUT2D eigenvalue weighted by Gasteiger charge is 2.18. The molecule has 5 N–H and O–H groups in total. The van der Waals surface area contributed by atoms with E-state index in [-0.39, 0.29) is 68.5 Å². The first-order chi connectivity index (χ1) is 32.6. The van der Waals surface area contributed by atoms with Gasteiger partial charge in [0.15, 0.2) is 0 Å². The van der Waals surface area contributed by atoms with Crippen LogP contribution < -0.4 is 35.9 Å². The Morgan fingerprint density at radius 2 is 1.03 bits per heavy atom. The van der Waals surface area contributed by atoms with E-state index in [4.69, 9.17) is 38.9 Å². The van der Waals surface area contributed by atoms with Gasteiger partial charge in [0.1, 0.15) is 41.7 Å². The number of benzene rings is 3. The standard InChI is InChI=1S/C21H32N2O7.C16H20N2O9.C11H17NO.ClH/c1-14-8-7-9-15(2)18(14)27-12-16(3)23-20(26)29-13-28-17(24)10-11-22-19(25)30-21(4,5)6;1-16(2,3)27-14(20)17-9-8-13(19)24-10-25-15(21)26-12-6-4-11(5-7-12)18(22)23;1-8-5-4-6-9(2)11(8)13-7-10(3)12;/h7-9,16H,10-13H2,1-6H3,(H,22,25)(H,23,26);4-7H,8-10H2,1-3H3,(H,17,20);4-6,10H,7,12H2,1-3H3;1H. The zero-order valence-electron chi connectivity index (χ0n) is 42.5. The molecule has 0 fully saturated rings. The Morgan fingerprint density at radius 3 is 1.42 bits per heavy atom. The number of hydrogen-bond donors (Lipinski definition) is 4. The molecule has 0 radical (unpaired) electrons. The number of aryl methyl sites for hydroxylation is 4. The highest BCUT2D eigenvalue weighted by atomic mass is 35.5. The van der Waals surface area contributed by atoms with E-state index in [2.05, 4.69) is 25.4 Å². The molecule has 3 aromatic carbocycles. The third-order valence-corrected chi connectivity index (χ3v) is 8.20. The smallest absolute Gasteiger partial charge is 0.491 e. The average molecular weight is 1020 g/mol. The Kier molecular flexibility index (Phi) is 29.4. The fourth-order valence-corrected chi connectivity index (χ4v) is 5.12. The van der Waals surface area contributed by atoms with Crippen molar-refractivity contribution in [3.8, 4) is 17.2 Å². The van der Waals surface area contributed by atoms with Crippen LogP contribution in [-0.2, 0) is 38.0 Å². The molecule has 2 unspecified atom stereocenters. The number of para-hydroxylation sites is 2. The number of nitrogens with two attached hydrogens (primary N) is 1. The molecule has 3 rings (SSSR count). The number of amides is 3. The first kappa shape index (κ1) is 63.9. The highest BCUT2D eigenvalue weighted by Crippen LogP contribution is 2.23. The number of ether oxygens (including phenoxy) is 9. The molecule has 0 heterocycles. The molecule has 23 heteroatoms. The molecule has 0 bridgehead atoms. The third kappa shape index (κ3) is 30.9. The molecule has 396 valence electrons. The quantitative estimate of drug-likeness (QED) is 0.0220. The largest absolute Gasteiger partial charge is 0.516 e. The Balaban J connectivity index is 0.00000110. The van der Waals surface area contributed by atoms with Crippen LogP contribution in [0.4, 0.5) is 24.9 Å². The van der Waals surface area contributed by atoms with Gasteiger partial charge in [0.25, 0.3) is 5.69 Å². The van der Waals surface area contributed by atoms with E-state index in [0.29, 0.717) is 6.61 Å². The predicted octanol–water partition coefficient (Wildman–Crippen LogP) is 8.19. The molecule has 3 aromatic rings. The number of alkyl carbamates (subject to hydrolysis) is 3. The number of esters is 2. The molecule has 0 aromatic heterocycles. The van der Waals surface area contributed by atoms with E-state index >= 15 is 0 Å². The van der Waals surface area contributed by atoms with Crippen LogP contribution in [0.5, 0.6) is 17.2 Å². The minimum Gasteiger partial charge on any atom is -0.491 e. The van der Waals surface area contributed by atoms with Crippen molar-refractivity contribution >= 4 is 54.5 Å². The van der Waals surface area contributed by atoms with Gasteiger partial charge < -0.3 is 64.3 Å². The summed E-state index contributed by atoms with van der Waals surface area (Å²) in [6, 6.07) is 16.5.